The van der Waals surface area contributed by atoms with Crippen molar-refractivity contribution >= 4 is 11.8 Å². The second kappa shape index (κ2) is 5.62. The highest BCUT2D eigenvalue weighted by Crippen LogP contribution is 2.38. The van der Waals surface area contributed by atoms with E-state index in [1.807, 2.05) is 11.8 Å². The number of carbonyl (C=O) groups is 2. The van der Waals surface area contributed by atoms with Gasteiger partial charge in [0.25, 0.3) is 0 Å². The van der Waals surface area contributed by atoms with E-state index in [1.165, 1.54) is 12.8 Å². The van der Waals surface area contributed by atoms with E-state index in [0.717, 1.165) is 50.9 Å². The fourth-order valence-corrected chi connectivity index (χ4v) is 4.53. The molecule has 1 atom stereocenters. The fraction of sp³-hybridized carbons (Fsp3) is 0.882. The lowest BCUT2D eigenvalue weighted by atomic mass is 9.82. The largest absolute Gasteiger partial charge is 0.340 e. The molecule has 0 aromatic heterocycles. The van der Waals surface area contributed by atoms with Crippen molar-refractivity contribution in [2.24, 2.45) is 5.92 Å². The number of nitrogens with one attached hydrogen (secondary N) is 1. The van der Waals surface area contributed by atoms with Crippen molar-refractivity contribution in [2.45, 2.75) is 89.3 Å². The standard InChI is InChI=1S/C17H28N2O2/c1-3-14-15(20)18-17(10-4-5-11-17)16(21)19(14)13-8-6-12(2)7-9-13/h12-14H,3-11H2,1-2H3,(H,18,20). The van der Waals surface area contributed by atoms with Gasteiger partial charge in [0, 0.05) is 6.04 Å². The Kier molecular flexibility index (Phi) is 3.98. The second-order valence-corrected chi connectivity index (χ2v) is 7.33. The maximum atomic E-state index is 13.2. The summed E-state index contributed by atoms with van der Waals surface area (Å²) in [4.78, 5) is 27.7. The average molecular weight is 292 g/mol. The van der Waals surface area contributed by atoms with Gasteiger partial charge < -0.3 is 10.2 Å². The molecule has 2 amide bonds. The molecule has 0 aromatic carbocycles. The van der Waals surface area contributed by atoms with Crippen molar-refractivity contribution in [2.75, 3.05) is 0 Å². The molecular formula is C17H28N2O2. The third-order valence-corrected chi connectivity index (χ3v) is 5.87. The number of piperazine rings is 1. The van der Waals surface area contributed by atoms with Gasteiger partial charge in [-0.05, 0) is 50.9 Å². The van der Waals surface area contributed by atoms with Crippen molar-refractivity contribution in [3.8, 4) is 0 Å². The van der Waals surface area contributed by atoms with Gasteiger partial charge in [-0.3, -0.25) is 9.59 Å². The van der Waals surface area contributed by atoms with Crippen LogP contribution in [0.5, 0.6) is 0 Å². The zero-order valence-electron chi connectivity index (χ0n) is 13.4. The molecule has 21 heavy (non-hydrogen) atoms. The Bertz CT molecular complexity index is 421. The van der Waals surface area contributed by atoms with Gasteiger partial charge in [0.05, 0.1) is 0 Å². The van der Waals surface area contributed by atoms with Crippen LogP contribution in [0.15, 0.2) is 0 Å². The van der Waals surface area contributed by atoms with Gasteiger partial charge >= 0.3 is 0 Å². The molecule has 2 saturated carbocycles. The Hall–Kier alpha value is -1.06. The van der Waals surface area contributed by atoms with Crippen LogP contribution in [0, 0.1) is 5.92 Å². The van der Waals surface area contributed by atoms with Gasteiger partial charge in [-0.2, -0.15) is 0 Å². The third-order valence-electron chi connectivity index (χ3n) is 5.87. The predicted octanol–water partition coefficient (Wildman–Crippen LogP) is 2.61. The Morgan fingerprint density at radius 2 is 1.76 bits per heavy atom. The minimum absolute atomic E-state index is 0.0811. The Labute approximate surface area is 127 Å². The molecular weight excluding hydrogens is 264 g/mol. The Morgan fingerprint density at radius 3 is 2.33 bits per heavy atom. The lowest BCUT2D eigenvalue weighted by molar-refractivity contribution is -0.159. The molecule has 0 bridgehead atoms. The number of rotatable bonds is 2. The summed E-state index contributed by atoms with van der Waals surface area (Å²) in [6.45, 7) is 4.30. The summed E-state index contributed by atoms with van der Waals surface area (Å²) in [6, 6.07) is 0.0318. The molecule has 0 aromatic rings. The zero-order chi connectivity index (χ0) is 15.0. The molecule has 4 heteroatoms. The minimum atomic E-state index is -0.564. The first-order chi connectivity index (χ1) is 10.1. The highest BCUT2D eigenvalue weighted by molar-refractivity contribution is 6.00. The molecule has 1 N–H and O–H groups in total. The lowest BCUT2D eigenvalue weighted by Gasteiger charge is -2.49. The van der Waals surface area contributed by atoms with Crippen LogP contribution in [0.1, 0.15) is 71.6 Å². The topological polar surface area (TPSA) is 49.4 Å². The third kappa shape index (κ3) is 2.47. The number of carbonyl (C=O) groups excluding carboxylic acids is 2. The van der Waals surface area contributed by atoms with Crippen LogP contribution < -0.4 is 5.32 Å². The lowest BCUT2D eigenvalue weighted by Crippen LogP contribution is -2.71. The minimum Gasteiger partial charge on any atom is -0.340 e. The molecule has 0 radical (unpaired) electrons. The van der Waals surface area contributed by atoms with Gasteiger partial charge in [0.1, 0.15) is 11.6 Å². The summed E-state index contributed by atoms with van der Waals surface area (Å²) in [6.07, 6.45) is 8.97. The van der Waals surface area contributed by atoms with Gasteiger partial charge in [-0.25, -0.2) is 0 Å². The summed E-state index contributed by atoms with van der Waals surface area (Å²) in [5, 5.41) is 3.09. The van der Waals surface area contributed by atoms with Crippen molar-refractivity contribution in [3.05, 3.63) is 0 Å². The molecule has 1 saturated heterocycles. The van der Waals surface area contributed by atoms with E-state index in [4.69, 9.17) is 0 Å². The van der Waals surface area contributed by atoms with Crippen LogP contribution in [-0.4, -0.2) is 34.3 Å². The van der Waals surface area contributed by atoms with E-state index in [0.29, 0.717) is 0 Å². The van der Waals surface area contributed by atoms with Crippen LogP contribution in [0.3, 0.4) is 0 Å². The summed E-state index contributed by atoms with van der Waals surface area (Å²) in [5.74, 6) is 1.05. The molecule has 3 rings (SSSR count). The number of nitrogens with zero attached hydrogens (tertiary/aromatic N) is 1. The van der Waals surface area contributed by atoms with Crippen LogP contribution in [0.2, 0.25) is 0 Å². The molecule has 1 heterocycles. The predicted molar refractivity (Wildman–Crippen MR) is 81.7 cm³/mol. The Morgan fingerprint density at radius 1 is 1.14 bits per heavy atom. The van der Waals surface area contributed by atoms with Crippen molar-refractivity contribution in [1.29, 1.82) is 0 Å². The molecule has 118 valence electrons. The maximum absolute atomic E-state index is 13.2. The first-order valence-electron chi connectivity index (χ1n) is 8.72. The molecule has 1 unspecified atom stereocenters. The molecule has 2 aliphatic carbocycles. The van der Waals surface area contributed by atoms with Crippen LogP contribution in [0.25, 0.3) is 0 Å². The summed E-state index contributed by atoms with van der Waals surface area (Å²) in [5.41, 5.74) is -0.564. The van der Waals surface area contributed by atoms with Crippen molar-refractivity contribution < 1.29 is 9.59 Å². The zero-order valence-corrected chi connectivity index (χ0v) is 13.4. The molecule has 3 fully saturated rings. The molecule has 1 aliphatic heterocycles. The van der Waals surface area contributed by atoms with E-state index in [1.54, 1.807) is 0 Å². The van der Waals surface area contributed by atoms with Crippen molar-refractivity contribution in [3.63, 3.8) is 0 Å². The number of amides is 2. The number of hydrogen-bond acceptors (Lipinski definition) is 2. The van der Waals surface area contributed by atoms with Crippen LogP contribution in [0.4, 0.5) is 0 Å². The highest BCUT2D eigenvalue weighted by Gasteiger charge is 2.53. The van der Waals surface area contributed by atoms with E-state index >= 15 is 0 Å². The van der Waals surface area contributed by atoms with Crippen molar-refractivity contribution in [1.82, 2.24) is 10.2 Å². The highest BCUT2D eigenvalue weighted by atomic mass is 16.2. The SMILES string of the molecule is CCC1C(=O)NC2(CCCC2)C(=O)N1C1CCC(C)CC1. The van der Waals surface area contributed by atoms with Gasteiger partial charge in [0.2, 0.25) is 11.8 Å². The van der Waals surface area contributed by atoms with Gasteiger partial charge in [0.15, 0.2) is 0 Å². The smallest absolute Gasteiger partial charge is 0.249 e. The van der Waals surface area contributed by atoms with E-state index in [9.17, 15) is 9.59 Å². The molecule has 1 spiro atoms. The van der Waals surface area contributed by atoms with Crippen LogP contribution in [-0.2, 0) is 9.59 Å². The van der Waals surface area contributed by atoms with E-state index in [-0.39, 0.29) is 23.9 Å². The van der Waals surface area contributed by atoms with Gasteiger partial charge in [-0.15, -0.1) is 0 Å². The summed E-state index contributed by atoms with van der Waals surface area (Å²) >= 11 is 0. The van der Waals surface area contributed by atoms with E-state index < -0.39 is 5.54 Å². The maximum Gasteiger partial charge on any atom is 0.249 e. The number of hydrogen-bond donors (Lipinski definition) is 1. The monoisotopic (exact) mass is 292 g/mol. The summed E-state index contributed by atoms with van der Waals surface area (Å²) in [7, 11) is 0. The Balaban J connectivity index is 1.86. The first kappa shape index (κ1) is 14.9. The first-order valence-corrected chi connectivity index (χ1v) is 8.72. The normalized spacial score (nSPS) is 36.1. The second-order valence-electron chi connectivity index (χ2n) is 7.33. The quantitative estimate of drug-likeness (QED) is 0.850. The van der Waals surface area contributed by atoms with E-state index in [2.05, 4.69) is 12.2 Å². The molecule has 3 aliphatic rings. The molecule has 4 nitrogen and oxygen atoms in total. The average Bonchev–Trinajstić information content (AvgIpc) is 2.93. The summed E-state index contributed by atoms with van der Waals surface area (Å²) < 4.78 is 0. The van der Waals surface area contributed by atoms with Crippen LogP contribution >= 0.6 is 0 Å². The fourth-order valence-electron chi connectivity index (χ4n) is 4.53. The van der Waals surface area contributed by atoms with Gasteiger partial charge in [-0.1, -0.05) is 26.7 Å².